The number of aliphatic hydroxyl groups excluding tert-OH is 2. The average Bonchev–Trinajstić information content (AvgIpc) is 2.52. The van der Waals surface area contributed by atoms with Crippen LogP contribution in [-0.2, 0) is 4.74 Å². The minimum Gasteiger partial charge on any atom is -0.394 e. The highest BCUT2D eigenvalue weighted by Crippen LogP contribution is 2.41. The van der Waals surface area contributed by atoms with Gasteiger partial charge in [-0.3, -0.25) is 14.3 Å². The van der Waals surface area contributed by atoms with Crippen LogP contribution in [0.15, 0.2) is 21.9 Å². The van der Waals surface area contributed by atoms with Crippen molar-refractivity contribution < 1.29 is 23.7 Å². The molecule has 1 aliphatic heterocycles. The zero-order valence-corrected chi connectivity index (χ0v) is 8.92. The second kappa shape index (κ2) is 4.26. The van der Waals surface area contributed by atoms with Crippen molar-refractivity contribution in [1.29, 1.82) is 0 Å². The molecular formula is C9H10F2N2O5. The molecule has 1 unspecified atom stereocenters. The topological polar surface area (TPSA) is 105 Å². The Balaban J connectivity index is 2.45. The van der Waals surface area contributed by atoms with Gasteiger partial charge in [0.05, 0.1) is 6.61 Å². The van der Waals surface area contributed by atoms with E-state index in [-0.39, 0.29) is 0 Å². The Morgan fingerprint density at radius 3 is 2.67 bits per heavy atom. The molecule has 3 N–H and O–H groups in total. The number of aliphatic hydroxyl groups is 2. The molecule has 18 heavy (non-hydrogen) atoms. The van der Waals surface area contributed by atoms with E-state index >= 15 is 0 Å². The van der Waals surface area contributed by atoms with Crippen molar-refractivity contribution in [3.05, 3.63) is 33.1 Å². The highest BCUT2D eigenvalue weighted by Gasteiger charge is 2.59. The van der Waals surface area contributed by atoms with Gasteiger partial charge in [0.1, 0.15) is 6.10 Å². The molecular weight excluding hydrogens is 254 g/mol. The molecule has 0 aliphatic carbocycles. The van der Waals surface area contributed by atoms with Crippen LogP contribution in [0.4, 0.5) is 8.78 Å². The van der Waals surface area contributed by atoms with Crippen LogP contribution in [0.25, 0.3) is 0 Å². The highest BCUT2D eigenvalue weighted by molar-refractivity contribution is 4.97. The summed E-state index contributed by atoms with van der Waals surface area (Å²) in [4.78, 5) is 24.0. The smallest absolute Gasteiger partial charge is 0.330 e. The number of aromatic nitrogens is 2. The minimum absolute atomic E-state index is 0.459. The van der Waals surface area contributed by atoms with Crippen molar-refractivity contribution >= 4 is 0 Å². The molecule has 9 heteroatoms. The molecule has 7 nitrogen and oxygen atoms in total. The second-order valence-electron chi connectivity index (χ2n) is 3.85. The summed E-state index contributed by atoms with van der Waals surface area (Å²) in [6.45, 7) is -0.814. The van der Waals surface area contributed by atoms with Crippen LogP contribution in [0.2, 0.25) is 0 Å². The van der Waals surface area contributed by atoms with Crippen molar-refractivity contribution in [1.82, 2.24) is 9.55 Å². The lowest BCUT2D eigenvalue weighted by Gasteiger charge is -2.20. The van der Waals surface area contributed by atoms with Crippen molar-refractivity contribution in [2.75, 3.05) is 6.61 Å². The second-order valence-corrected chi connectivity index (χ2v) is 3.85. The van der Waals surface area contributed by atoms with Crippen LogP contribution in [0.3, 0.4) is 0 Å². The van der Waals surface area contributed by atoms with Gasteiger partial charge in [0.2, 0.25) is 6.23 Å². The van der Waals surface area contributed by atoms with Crippen LogP contribution in [0.5, 0.6) is 0 Å². The summed E-state index contributed by atoms with van der Waals surface area (Å²) >= 11 is 0. The van der Waals surface area contributed by atoms with Gasteiger partial charge in [0.25, 0.3) is 5.56 Å². The summed E-state index contributed by atoms with van der Waals surface area (Å²) < 4.78 is 32.5. The zero-order valence-electron chi connectivity index (χ0n) is 8.92. The fourth-order valence-electron chi connectivity index (χ4n) is 1.73. The van der Waals surface area contributed by atoms with Crippen LogP contribution >= 0.6 is 0 Å². The van der Waals surface area contributed by atoms with Crippen LogP contribution < -0.4 is 11.2 Å². The van der Waals surface area contributed by atoms with Gasteiger partial charge in [0, 0.05) is 12.3 Å². The number of alkyl halides is 2. The first-order valence-electron chi connectivity index (χ1n) is 5.01. The summed E-state index contributed by atoms with van der Waals surface area (Å²) in [7, 11) is 0. The maximum absolute atomic E-state index is 13.7. The zero-order chi connectivity index (χ0) is 13.5. The van der Waals surface area contributed by atoms with E-state index in [1.54, 1.807) is 4.98 Å². The maximum atomic E-state index is 13.7. The molecule has 1 aliphatic rings. The van der Waals surface area contributed by atoms with Gasteiger partial charge in [-0.05, 0) is 0 Å². The third kappa shape index (κ3) is 1.85. The van der Waals surface area contributed by atoms with E-state index in [9.17, 15) is 23.5 Å². The first-order valence-corrected chi connectivity index (χ1v) is 5.01. The van der Waals surface area contributed by atoms with Crippen LogP contribution in [0.1, 0.15) is 6.23 Å². The Kier molecular flexibility index (Phi) is 3.05. The van der Waals surface area contributed by atoms with Gasteiger partial charge < -0.3 is 14.9 Å². The number of hydrogen-bond donors (Lipinski definition) is 3. The lowest BCUT2D eigenvalue weighted by molar-refractivity contribution is -0.141. The summed E-state index contributed by atoms with van der Waals surface area (Å²) in [6, 6.07) is 0.874. The van der Waals surface area contributed by atoms with E-state index in [1.165, 1.54) is 0 Å². The van der Waals surface area contributed by atoms with Crippen molar-refractivity contribution in [3.8, 4) is 0 Å². The predicted octanol–water partition coefficient (Wildman–Crippen LogP) is -1.58. The fraction of sp³-hybridized carbons (Fsp3) is 0.556. The van der Waals surface area contributed by atoms with Crippen LogP contribution in [-0.4, -0.2) is 44.5 Å². The molecule has 100 valence electrons. The van der Waals surface area contributed by atoms with Crippen molar-refractivity contribution in [2.24, 2.45) is 0 Å². The Hall–Kier alpha value is -1.58. The molecule has 2 rings (SSSR count). The van der Waals surface area contributed by atoms with Gasteiger partial charge in [-0.25, -0.2) is 4.79 Å². The molecule has 0 aromatic carbocycles. The number of H-pyrrole nitrogens is 1. The van der Waals surface area contributed by atoms with Crippen molar-refractivity contribution in [2.45, 2.75) is 24.4 Å². The number of hydrogen-bond acceptors (Lipinski definition) is 5. The lowest BCUT2D eigenvalue weighted by Crippen LogP contribution is -2.42. The molecule has 0 saturated carbocycles. The number of aromatic amines is 1. The summed E-state index contributed by atoms with van der Waals surface area (Å²) in [5, 5.41) is 18.1. The number of rotatable bonds is 2. The fourth-order valence-corrected chi connectivity index (χ4v) is 1.73. The van der Waals surface area contributed by atoms with Gasteiger partial charge in [-0.1, -0.05) is 0 Å². The monoisotopic (exact) mass is 264 g/mol. The Morgan fingerprint density at radius 2 is 2.17 bits per heavy atom. The molecule has 1 fully saturated rings. The normalized spacial score (nSPS) is 30.6. The molecule has 0 amide bonds. The first-order chi connectivity index (χ1) is 8.37. The summed E-state index contributed by atoms with van der Waals surface area (Å²) in [5.41, 5.74) is -1.82. The summed E-state index contributed by atoms with van der Waals surface area (Å²) in [5.74, 6) is -3.75. The number of nitrogens with one attached hydrogen (secondary N) is 1. The van der Waals surface area contributed by atoms with E-state index in [0.29, 0.717) is 4.57 Å². The quantitative estimate of drug-likeness (QED) is 0.598. The van der Waals surface area contributed by atoms with Gasteiger partial charge in [-0.15, -0.1) is 0 Å². The minimum atomic E-state index is -3.75. The molecule has 2 heterocycles. The van der Waals surface area contributed by atoms with E-state index < -0.39 is 42.2 Å². The Labute approximate surface area is 98.3 Å². The largest absolute Gasteiger partial charge is 0.394 e. The predicted molar refractivity (Wildman–Crippen MR) is 53.3 cm³/mol. The van der Waals surface area contributed by atoms with Crippen molar-refractivity contribution in [3.63, 3.8) is 0 Å². The molecule has 1 saturated heterocycles. The first kappa shape index (κ1) is 12.9. The molecule has 1 aromatic rings. The van der Waals surface area contributed by atoms with E-state index in [4.69, 9.17) is 9.84 Å². The summed E-state index contributed by atoms with van der Waals surface area (Å²) in [6.07, 6.45) is -4.96. The average molecular weight is 264 g/mol. The van der Waals surface area contributed by atoms with E-state index in [0.717, 1.165) is 12.3 Å². The number of halogens is 2. The molecule has 3 atom stereocenters. The third-order valence-corrected chi connectivity index (χ3v) is 2.66. The Morgan fingerprint density at radius 1 is 1.50 bits per heavy atom. The standard InChI is InChI=1S/C9H10F2N2O5/c10-9(11)6(16)4(3-14)18-7(9)13-2-1-5(15)12-8(13)17/h1-2,4,6-7,14,16H,3H2,(H,12,15,17)/t4?,6-,7-/m1/s1. The maximum Gasteiger partial charge on any atom is 0.330 e. The van der Waals surface area contributed by atoms with Gasteiger partial charge in [-0.2, -0.15) is 8.78 Å². The van der Waals surface area contributed by atoms with Gasteiger partial charge >= 0.3 is 11.6 Å². The third-order valence-electron chi connectivity index (χ3n) is 2.66. The molecule has 1 aromatic heterocycles. The lowest BCUT2D eigenvalue weighted by atomic mass is 10.1. The van der Waals surface area contributed by atoms with Gasteiger partial charge in [0.15, 0.2) is 6.10 Å². The number of nitrogens with zero attached hydrogens (tertiary/aromatic N) is 1. The molecule has 0 radical (unpaired) electrons. The number of ether oxygens (including phenoxy) is 1. The molecule has 0 spiro atoms. The van der Waals surface area contributed by atoms with E-state index in [1.807, 2.05) is 0 Å². The van der Waals surface area contributed by atoms with Crippen LogP contribution in [0, 0.1) is 0 Å². The highest BCUT2D eigenvalue weighted by atomic mass is 19.3. The molecule has 0 bridgehead atoms. The SMILES string of the molecule is O=c1ccn([C@@H]2OC(CO)[C@@H](O)C2(F)F)c(=O)[nH]1. The van der Waals surface area contributed by atoms with E-state index in [2.05, 4.69) is 0 Å². The Bertz CT molecular complexity index is 554.